The molecule has 0 fully saturated rings. The summed E-state index contributed by atoms with van der Waals surface area (Å²) in [7, 11) is 1.36. The molecule has 1 amide bonds. The molecule has 150 valence electrons. The van der Waals surface area contributed by atoms with E-state index in [9.17, 15) is 14.9 Å². The Labute approximate surface area is 175 Å². The van der Waals surface area contributed by atoms with E-state index >= 15 is 0 Å². The Kier molecular flexibility index (Phi) is 7.47. The molecule has 10 heteroatoms. The summed E-state index contributed by atoms with van der Waals surface area (Å²) < 4.78 is 16.6. The number of carbonyl (C=O) groups excluding carboxylic acids is 1. The van der Waals surface area contributed by atoms with Gasteiger partial charge in [0.05, 0.1) is 41.5 Å². The molecule has 1 N–H and O–H groups in total. The van der Waals surface area contributed by atoms with Crippen LogP contribution in [0.2, 0.25) is 5.02 Å². The number of nitro groups is 1. The van der Waals surface area contributed by atoms with Crippen LogP contribution in [0.4, 0.5) is 11.4 Å². The van der Waals surface area contributed by atoms with Crippen molar-refractivity contribution < 1.29 is 23.9 Å². The molecule has 0 saturated heterocycles. The Balaban J connectivity index is 2.52. The molecule has 0 unspecified atom stereocenters. The van der Waals surface area contributed by atoms with Crippen LogP contribution in [-0.2, 0) is 0 Å². The van der Waals surface area contributed by atoms with Gasteiger partial charge < -0.3 is 19.5 Å². The van der Waals surface area contributed by atoms with Gasteiger partial charge in [0.2, 0.25) is 0 Å². The number of amides is 1. The molecule has 0 aliphatic carbocycles. The van der Waals surface area contributed by atoms with Gasteiger partial charge >= 0.3 is 0 Å². The van der Waals surface area contributed by atoms with Gasteiger partial charge in [-0.2, -0.15) is 0 Å². The van der Waals surface area contributed by atoms with Crippen LogP contribution in [0.1, 0.15) is 24.2 Å². The van der Waals surface area contributed by atoms with Crippen molar-refractivity contribution in [1.82, 2.24) is 0 Å². The standard InChI is InChI=1S/C18H18BrClN2O6/c1-4-27-16-8-11(14(22(24)25)9-15(16)26-3)18(23)21-13-7-10(20)6-12(19)17(13)28-5-2/h6-9H,4-5H2,1-3H3,(H,21,23). The van der Waals surface area contributed by atoms with Gasteiger partial charge in [-0.1, -0.05) is 11.6 Å². The van der Waals surface area contributed by atoms with Gasteiger partial charge in [0.25, 0.3) is 11.6 Å². The van der Waals surface area contributed by atoms with Crippen LogP contribution in [-0.4, -0.2) is 31.2 Å². The van der Waals surface area contributed by atoms with E-state index in [1.54, 1.807) is 19.9 Å². The maximum absolute atomic E-state index is 12.8. The second kappa shape index (κ2) is 9.61. The summed E-state index contributed by atoms with van der Waals surface area (Å²) in [6.07, 6.45) is 0. The average Bonchev–Trinajstić information content (AvgIpc) is 2.64. The van der Waals surface area contributed by atoms with E-state index in [2.05, 4.69) is 21.2 Å². The maximum atomic E-state index is 12.8. The number of nitrogens with one attached hydrogen (secondary N) is 1. The van der Waals surface area contributed by atoms with Crippen molar-refractivity contribution in [3.8, 4) is 17.2 Å². The van der Waals surface area contributed by atoms with Gasteiger partial charge in [-0.05, 0) is 41.9 Å². The van der Waals surface area contributed by atoms with Gasteiger partial charge in [0.15, 0.2) is 17.2 Å². The van der Waals surface area contributed by atoms with Crippen molar-refractivity contribution in [3.05, 3.63) is 49.4 Å². The highest BCUT2D eigenvalue weighted by Gasteiger charge is 2.26. The number of ether oxygens (including phenoxy) is 3. The molecule has 0 spiro atoms. The van der Waals surface area contributed by atoms with Crippen molar-refractivity contribution in [2.24, 2.45) is 0 Å². The van der Waals surface area contributed by atoms with E-state index in [1.807, 2.05) is 0 Å². The van der Waals surface area contributed by atoms with Gasteiger partial charge in [-0.25, -0.2) is 0 Å². The lowest BCUT2D eigenvalue weighted by Gasteiger charge is -2.15. The minimum absolute atomic E-state index is 0.158. The quantitative estimate of drug-likeness (QED) is 0.424. The number of carbonyl (C=O) groups is 1. The molecule has 0 aliphatic rings. The molecule has 0 aliphatic heterocycles. The number of nitro benzene ring substituents is 1. The van der Waals surface area contributed by atoms with E-state index in [-0.39, 0.29) is 22.7 Å². The average molecular weight is 474 g/mol. The fourth-order valence-corrected chi connectivity index (χ4v) is 3.37. The molecule has 0 aromatic heterocycles. The number of rotatable bonds is 8. The third kappa shape index (κ3) is 4.85. The minimum atomic E-state index is -0.717. The van der Waals surface area contributed by atoms with Crippen LogP contribution in [0.25, 0.3) is 0 Å². The van der Waals surface area contributed by atoms with Crippen molar-refractivity contribution >= 4 is 44.8 Å². The lowest BCUT2D eigenvalue weighted by Crippen LogP contribution is -2.15. The van der Waals surface area contributed by atoms with Crippen LogP contribution in [0.3, 0.4) is 0 Å². The summed E-state index contributed by atoms with van der Waals surface area (Å²) in [5, 5.41) is 14.4. The van der Waals surface area contributed by atoms with E-state index in [1.165, 1.54) is 19.2 Å². The maximum Gasteiger partial charge on any atom is 0.286 e. The van der Waals surface area contributed by atoms with Crippen molar-refractivity contribution in [1.29, 1.82) is 0 Å². The molecule has 0 bridgehead atoms. The number of halogens is 2. The normalized spacial score (nSPS) is 10.3. The van der Waals surface area contributed by atoms with E-state index in [0.717, 1.165) is 6.07 Å². The van der Waals surface area contributed by atoms with Crippen molar-refractivity contribution in [3.63, 3.8) is 0 Å². The van der Waals surface area contributed by atoms with Crippen LogP contribution in [0.15, 0.2) is 28.7 Å². The molecular weight excluding hydrogens is 456 g/mol. The smallest absolute Gasteiger partial charge is 0.286 e. The summed E-state index contributed by atoms with van der Waals surface area (Å²) in [5.74, 6) is 0.0236. The molecule has 0 saturated carbocycles. The largest absolute Gasteiger partial charge is 0.493 e. The lowest BCUT2D eigenvalue weighted by molar-refractivity contribution is -0.385. The zero-order chi connectivity index (χ0) is 20.8. The zero-order valence-electron chi connectivity index (χ0n) is 15.4. The first-order chi connectivity index (χ1) is 13.3. The molecule has 0 radical (unpaired) electrons. The molecule has 2 aromatic carbocycles. The SMILES string of the molecule is CCOc1cc(C(=O)Nc2cc(Cl)cc(Br)c2OCC)c([N+](=O)[O-])cc1OC. The number of methoxy groups -OCH3 is 1. The van der Waals surface area contributed by atoms with Gasteiger partial charge in [0.1, 0.15) is 5.56 Å². The fourth-order valence-electron chi connectivity index (χ4n) is 2.44. The summed E-state index contributed by atoms with van der Waals surface area (Å²) in [5.41, 5.74) is -0.334. The fraction of sp³-hybridized carbons (Fsp3) is 0.278. The molecule has 2 aromatic rings. The van der Waals surface area contributed by atoms with Crippen LogP contribution in [0, 0.1) is 10.1 Å². The Bertz CT molecular complexity index is 906. The molecule has 28 heavy (non-hydrogen) atoms. The van der Waals surface area contributed by atoms with Crippen molar-refractivity contribution in [2.45, 2.75) is 13.8 Å². The van der Waals surface area contributed by atoms with Gasteiger partial charge in [-0.3, -0.25) is 14.9 Å². The number of hydrogen-bond donors (Lipinski definition) is 1. The Hall–Kier alpha value is -2.52. The second-order valence-corrected chi connectivity index (χ2v) is 6.65. The predicted molar refractivity (Wildman–Crippen MR) is 109 cm³/mol. The second-order valence-electron chi connectivity index (χ2n) is 5.36. The van der Waals surface area contributed by atoms with E-state index < -0.39 is 16.5 Å². The monoisotopic (exact) mass is 472 g/mol. The van der Waals surface area contributed by atoms with Gasteiger partial charge in [0, 0.05) is 11.1 Å². The number of hydrogen-bond acceptors (Lipinski definition) is 6. The first-order valence-electron chi connectivity index (χ1n) is 8.24. The number of benzene rings is 2. The van der Waals surface area contributed by atoms with E-state index in [0.29, 0.717) is 28.5 Å². The summed E-state index contributed by atoms with van der Waals surface area (Å²) in [6.45, 7) is 4.18. The summed E-state index contributed by atoms with van der Waals surface area (Å²) in [4.78, 5) is 23.7. The van der Waals surface area contributed by atoms with Crippen LogP contribution in [0.5, 0.6) is 17.2 Å². The highest BCUT2D eigenvalue weighted by Crippen LogP contribution is 2.38. The highest BCUT2D eigenvalue weighted by atomic mass is 79.9. The molecule has 0 heterocycles. The Morgan fingerprint density at radius 1 is 1.18 bits per heavy atom. The molecule has 2 rings (SSSR count). The zero-order valence-corrected chi connectivity index (χ0v) is 17.7. The van der Waals surface area contributed by atoms with Crippen LogP contribution < -0.4 is 19.5 Å². The first kappa shape index (κ1) is 21.8. The summed E-state index contributed by atoms with van der Waals surface area (Å²) >= 11 is 9.39. The molecular formula is C18H18BrClN2O6. The van der Waals surface area contributed by atoms with E-state index in [4.69, 9.17) is 25.8 Å². The lowest BCUT2D eigenvalue weighted by atomic mass is 10.1. The first-order valence-corrected chi connectivity index (χ1v) is 9.41. The third-order valence-corrected chi connectivity index (χ3v) is 4.38. The predicted octanol–water partition coefficient (Wildman–Crippen LogP) is 5.07. The Morgan fingerprint density at radius 2 is 1.86 bits per heavy atom. The van der Waals surface area contributed by atoms with Crippen molar-refractivity contribution in [2.75, 3.05) is 25.6 Å². The molecule has 0 atom stereocenters. The third-order valence-electron chi connectivity index (χ3n) is 3.57. The number of anilines is 1. The number of nitrogens with zero attached hydrogens (tertiary/aromatic N) is 1. The van der Waals surface area contributed by atoms with Crippen LogP contribution >= 0.6 is 27.5 Å². The van der Waals surface area contributed by atoms with Gasteiger partial charge in [-0.15, -0.1) is 0 Å². The topological polar surface area (TPSA) is 99.9 Å². The Morgan fingerprint density at radius 3 is 2.43 bits per heavy atom. The summed E-state index contributed by atoms with van der Waals surface area (Å²) in [6, 6.07) is 5.53. The molecule has 8 nitrogen and oxygen atoms in total. The highest BCUT2D eigenvalue weighted by molar-refractivity contribution is 9.10. The minimum Gasteiger partial charge on any atom is -0.493 e.